The molecule has 0 aliphatic heterocycles. The van der Waals surface area contributed by atoms with Gasteiger partial charge >= 0.3 is 0 Å². The molecule has 0 saturated heterocycles. The lowest BCUT2D eigenvalue weighted by Crippen LogP contribution is -1.98. The fraction of sp³-hybridized carbons (Fsp3) is 0.231. The molecule has 3 nitrogen and oxygen atoms in total. The van der Waals surface area contributed by atoms with Crippen LogP contribution in [0.25, 0.3) is 11.4 Å². The largest absolute Gasteiger partial charge is 0.373 e. The van der Waals surface area contributed by atoms with Crippen molar-refractivity contribution >= 4 is 17.4 Å². The molecule has 1 heterocycles. The van der Waals surface area contributed by atoms with Gasteiger partial charge in [-0.2, -0.15) is 0 Å². The van der Waals surface area contributed by atoms with Crippen molar-refractivity contribution in [1.29, 1.82) is 0 Å². The molecule has 1 N–H and O–H groups in total. The first-order chi connectivity index (χ1) is 8.10. The number of benzene rings is 1. The van der Waals surface area contributed by atoms with Gasteiger partial charge in [-0.25, -0.2) is 9.97 Å². The number of aromatic nitrogens is 2. The van der Waals surface area contributed by atoms with E-state index in [-0.39, 0.29) is 0 Å². The van der Waals surface area contributed by atoms with E-state index in [9.17, 15) is 0 Å². The molecular formula is C13H14ClN3. The van der Waals surface area contributed by atoms with Crippen LogP contribution in [-0.2, 0) is 0 Å². The van der Waals surface area contributed by atoms with Crippen LogP contribution in [-0.4, -0.2) is 17.0 Å². The predicted octanol–water partition coefficient (Wildman–Crippen LogP) is 3.46. The Balaban J connectivity index is 2.52. The molecule has 1 aromatic carbocycles. The van der Waals surface area contributed by atoms with Crippen LogP contribution in [0.5, 0.6) is 0 Å². The highest BCUT2D eigenvalue weighted by molar-refractivity contribution is 6.31. The van der Waals surface area contributed by atoms with Crippen LogP contribution < -0.4 is 5.32 Å². The normalized spacial score (nSPS) is 10.4. The zero-order chi connectivity index (χ0) is 12.4. The fourth-order valence-corrected chi connectivity index (χ4v) is 1.74. The first kappa shape index (κ1) is 11.9. The summed E-state index contributed by atoms with van der Waals surface area (Å²) in [7, 11) is 1.84. The number of nitrogens with zero attached hydrogens (tertiary/aromatic N) is 2. The van der Waals surface area contributed by atoms with Crippen molar-refractivity contribution < 1.29 is 0 Å². The topological polar surface area (TPSA) is 37.8 Å². The van der Waals surface area contributed by atoms with Gasteiger partial charge in [-0.15, -0.1) is 0 Å². The number of halogens is 1. The molecule has 0 fully saturated rings. The van der Waals surface area contributed by atoms with Gasteiger partial charge in [-0.3, -0.25) is 0 Å². The van der Waals surface area contributed by atoms with Gasteiger partial charge < -0.3 is 5.32 Å². The van der Waals surface area contributed by atoms with Crippen molar-refractivity contribution in [3.8, 4) is 11.4 Å². The second-order valence-corrected chi connectivity index (χ2v) is 4.34. The molecule has 0 aliphatic carbocycles. The Kier molecular flexibility index (Phi) is 3.29. The summed E-state index contributed by atoms with van der Waals surface area (Å²) in [5, 5.41) is 3.75. The van der Waals surface area contributed by atoms with Gasteiger partial charge in [-0.1, -0.05) is 23.7 Å². The highest BCUT2D eigenvalue weighted by Crippen LogP contribution is 2.23. The summed E-state index contributed by atoms with van der Waals surface area (Å²) >= 11 is 6.11. The van der Waals surface area contributed by atoms with Crippen molar-refractivity contribution in [2.45, 2.75) is 13.8 Å². The standard InChI is InChI=1S/C13H14ClN3/c1-8-4-5-10(7-11(8)14)13-16-9(2)6-12(15-3)17-13/h4-7H,1-3H3,(H,15,16,17). The fourth-order valence-electron chi connectivity index (χ4n) is 1.56. The van der Waals surface area contributed by atoms with Gasteiger partial charge in [0.25, 0.3) is 0 Å². The monoisotopic (exact) mass is 247 g/mol. The van der Waals surface area contributed by atoms with Crippen LogP contribution in [0.4, 0.5) is 5.82 Å². The van der Waals surface area contributed by atoms with Crippen molar-refractivity contribution in [2.24, 2.45) is 0 Å². The first-order valence-corrected chi connectivity index (χ1v) is 5.78. The maximum absolute atomic E-state index is 6.11. The second kappa shape index (κ2) is 4.72. The molecule has 2 rings (SSSR count). The third-order valence-corrected chi connectivity index (χ3v) is 2.95. The summed E-state index contributed by atoms with van der Waals surface area (Å²) in [6.45, 7) is 3.92. The number of hydrogen-bond acceptors (Lipinski definition) is 3. The zero-order valence-corrected chi connectivity index (χ0v) is 10.8. The van der Waals surface area contributed by atoms with Crippen molar-refractivity contribution in [3.63, 3.8) is 0 Å². The van der Waals surface area contributed by atoms with E-state index in [1.807, 2.05) is 45.2 Å². The van der Waals surface area contributed by atoms with Crippen LogP contribution in [0, 0.1) is 13.8 Å². The number of anilines is 1. The molecule has 2 aromatic rings. The van der Waals surface area contributed by atoms with E-state index >= 15 is 0 Å². The Morgan fingerprint density at radius 3 is 2.53 bits per heavy atom. The van der Waals surface area contributed by atoms with E-state index in [1.54, 1.807) is 0 Å². The Morgan fingerprint density at radius 2 is 1.88 bits per heavy atom. The average molecular weight is 248 g/mol. The SMILES string of the molecule is CNc1cc(C)nc(-c2ccc(C)c(Cl)c2)n1. The van der Waals surface area contributed by atoms with Crippen molar-refractivity contribution in [3.05, 3.63) is 40.5 Å². The molecule has 0 bridgehead atoms. The Labute approximate surface area is 106 Å². The minimum atomic E-state index is 0.691. The molecule has 0 amide bonds. The summed E-state index contributed by atoms with van der Waals surface area (Å²) in [5.41, 5.74) is 2.91. The van der Waals surface area contributed by atoms with E-state index in [0.29, 0.717) is 5.82 Å². The lowest BCUT2D eigenvalue weighted by molar-refractivity contribution is 1.11. The molecule has 88 valence electrons. The summed E-state index contributed by atoms with van der Waals surface area (Å²) < 4.78 is 0. The maximum atomic E-state index is 6.11. The molecule has 0 saturated carbocycles. The van der Waals surface area contributed by atoms with E-state index in [4.69, 9.17) is 11.6 Å². The van der Waals surface area contributed by atoms with Gasteiger partial charge in [-0.05, 0) is 25.5 Å². The third-order valence-electron chi connectivity index (χ3n) is 2.54. The summed E-state index contributed by atoms with van der Waals surface area (Å²) in [4.78, 5) is 8.83. The average Bonchev–Trinajstić information content (AvgIpc) is 2.32. The number of hydrogen-bond donors (Lipinski definition) is 1. The number of nitrogens with one attached hydrogen (secondary N) is 1. The summed E-state index contributed by atoms with van der Waals surface area (Å²) in [6.07, 6.45) is 0. The van der Waals surface area contributed by atoms with Gasteiger partial charge in [0.2, 0.25) is 0 Å². The molecule has 0 spiro atoms. The Bertz CT molecular complexity index is 552. The van der Waals surface area contributed by atoms with Gasteiger partial charge in [0, 0.05) is 29.4 Å². The first-order valence-electron chi connectivity index (χ1n) is 5.40. The van der Waals surface area contributed by atoms with Gasteiger partial charge in [0.15, 0.2) is 5.82 Å². The van der Waals surface area contributed by atoms with Crippen LogP contribution in [0.3, 0.4) is 0 Å². The van der Waals surface area contributed by atoms with Gasteiger partial charge in [0.1, 0.15) is 5.82 Å². The van der Waals surface area contributed by atoms with Crippen LogP contribution >= 0.6 is 11.6 Å². The predicted molar refractivity (Wildman–Crippen MR) is 71.5 cm³/mol. The minimum absolute atomic E-state index is 0.691. The number of rotatable bonds is 2. The van der Waals surface area contributed by atoms with Crippen LogP contribution in [0.15, 0.2) is 24.3 Å². The molecule has 0 aliphatic rings. The van der Waals surface area contributed by atoms with Crippen molar-refractivity contribution in [2.75, 3.05) is 12.4 Å². The molecule has 4 heteroatoms. The third kappa shape index (κ3) is 2.56. The Hall–Kier alpha value is -1.61. The molecular weight excluding hydrogens is 234 g/mol. The zero-order valence-electron chi connectivity index (χ0n) is 10.1. The van der Waals surface area contributed by atoms with Crippen LogP contribution in [0.1, 0.15) is 11.3 Å². The Morgan fingerprint density at radius 1 is 1.12 bits per heavy atom. The quantitative estimate of drug-likeness (QED) is 0.883. The summed E-state index contributed by atoms with van der Waals surface area (Å²) in [5.74, 6) is 1.50. The number of aryl methyl sites for hydroxylation is 2. The summed E-state index contributed by atoms with van der Waals surface area (Å²) in [6, 6.07) is 7.75. The molecule has 0 unspecified atom stereocenters. The van der Waals surface area contributed by atoms with E-state index < -0.39 is 0 Å². The molecule has 0 radical (unpaired) electrons. The smallest absolute Gasteiger partial charge is 0.161 e. The highest BCUT2D eigenvalue weighted by Gasteiger charge is 2.06. The van der Waals surface area contributed by atoms with E-state index in [0.717, 1.165) is 27.7 Å². The maximum Gasteiger partial charge on any atom is 0.161 e. The van der Waals surface area contributed by atoms with Crippen LogP contribution in [0.2, 0.25) is 5.02 Å². The minimum Gasteiger partial charge on any atom is -0.373 e. The lowest BCUT2D eigenvalue weighted by Gasteiger charge is -2.06. The molecule has 1 aromatic heterocycles. The molecule has 0 atom stereocenters. The highest BCUT2D eigenvalue weighted by atomic mass is 35.5. The second-order valence-electron chi connectivity index (χ2n) is 3.93. The lowest BCUT2D eigenvalue weighted by atomic mass is 10.1. The van der Waals surface area contributed by atoms with Crippen molar-refractivity contribution in [1.82, 2.24) is 9.97 Å². The van der Waals surface area contributed by atoms with E-state index in [1.165, 1.54) is 0 Å². The molecule has 17 heavy (non-hydrogen) atoms. The van der Waals surface area contributed by atoms with E-state index in [2.05, 4.69) is 15.3 Å². The van der Waals surface area contributed by atoms with Gasteiger partial charge in [0.05, 0.1) is 0 Å².